The Morgan fingerprint density at radius 1 is 1.35 bits per heavy atom. The number of halogens is 4. The van der Waals surface area contributed by atoms with Gasteiger partial charge < -0.3 is 20.2 Å². The van der Waals surface area contributed by atoms with E-state index in [1.165, 1.54) is 25.1 Å². The average molecular weight is 390 g/mol. The molecule has 0 radical (unpaired) electrons. The standard InChI is InChI=1S/C15H11ClF3N3O4/c1-8-2-5-12(14(20-8)22(24)25)26-7-13(23)21-11-4-3-9(16)6-10(11)15(17,18)19/h2-6H,7H2,1H3,(H,21,23). The Bertz CT molecular complexity index is 859. The number of aromatic nitrogens is 1. The molecule has 0 saturated carbocycles. The fourth-order valence-corrected chi connectivity index (χ4v) is 2.14. The molecule has 0 aliphatic rings. The molecular weight excluding hydrogens is 379 g/mol. The Morgan fingerprint density at radius 3 is 2.65 bits per heavy atom. The van der Waals surface area contributed by atoms with Crippen molar-refractivity contribution in [1.29, 1.82) is 0 Å². The summed E-state index contributed by atoms with van der Waals surface area (Å²) in [7, 11) is 0. The highest BCUT2D eigenvalue weighted by Crippen LogP contribution is 2.36. The van der Waals surface area contributed by atoms with Crippen LogP contribution >= 0.6 is 11.6 Å². The largest absolute Gasteiger partial charge is 0.476 e. The fourth-order valence-electron chi connectivity index (χ4n) is 1.96. The number of carbonyl (C=O) groups is 1. The Balaban J connectivity index is 2.13. The van der Waals surface area contributed by atoms with E-state index in [1.807, 2.05) is 5.32 Å². The summed E-state index contributed by atoms with van der Waals surface area (Å²) in [5, 5.41) is 12.8. The Labute approximate surface area is 149 Å². The van der Waals surface area contributed by atoms with E-state index in [2.05, 4.69) is 4.98 Å². The van der Waals surface area contributed by atoms with Gasteiger partial charge in [-0.05, 0) is 40.2 Å². The maximum atomic E-state index is 13.0. The topological polar surface area (TPSA) is 94.4 Å². The van der Waals surface area contributed by atoms with Crippen LogP contribution in [-0.4, -0.2) is 22.4 Å². The number of nitro groups is 1. The molecule has 1 aromatic carbocycles. The highest BCUT2D eigenvalue weighted by Gasteiger charge is 2.34. The molecule has 1 N–H and O–H groups in total. The molecule has 1 heterocycles. The first-order valence-electron chi connectivity index (χ1n) is 6.99. The molecule has 0 fully saturated rings. The molecule has 2 rings (SSSR count). The summed E-state index contributed by atoms with van der Waals surface area (Å²) in [4.78, 5) is 25.7. The van der Waals surface area contributed by atoms with Crippen LogP contribution < -0.4 is 10.1 Å². The summed E-state index contributed by atoms with van der Waals surface area (Å²) in [6.07, 6.45) is -4.73. The van der Waals surface area contributed by atoms with E-state index in [-0.39, 0.29) is 10.8 Å². The lowest BCUT2D eigenvalue weighted by Gasteiger charge is -2.14. The maximum absolute atomic E-state index is 13.0. The minimum Gasteiger partial charge on any atom is -0.476 e. The van der Waals surface area contributed by atoms with Crippen molar-refractivity contribution in [2.24, 2.45) is 0 Å². The third-order valence-corrected chi connectivity index (χ3v) is 3.31. The molecule has 138 valence electrons. The monoisotopic (exact) mass is 389 g/mol. The average Bonchev–Trinajstić information content (AvgIpc) is 2.54. The zero-order valence-electron chi connectivity index (χ0n) is 13.1. The molecule has 0 aliphatic carbocycles. The van der Waals surface area contributed by atoms with Crippen molar-refractivity contribution in [1.82, 2.24) is 4.98 Å². The molecule has 0 spiro atoms. The van der Waals surface area contributed by atoms with Gasteiger partial charge in [0.2, 0.25) is 5.75 Å². The van der Waals surface area contributed by atoms with Gasteiger partial charge in [-0.25, -0.2) is 0 Å². The second kappa shape index (κ2) is 7.56. The summed E-state index contributed by atoms with van der Waals surface area (Å²) < 4.78 is 44.0. The van der Waals surface area contributed by atoms with Crippen LogP contribution in [0.25, 0.3) is 0 Å². The van der Waals surface area contributed by atoms with Crippen LogP contribution in [0.4, 0.5) is 24.7 Å². The van der Waals surface area contributed by atoms with Gasteiger partial charge in [0.05, 0.1) is 11.3 Å². The van der Waals surface area contributed by atoms with Gasteiger partial charge in [-0.2, -0.15) is 13.2 Å². The van der Waals surface area contributed by atoms with Gasteiger partial charge in [-0.15, -0.1) is 0 Å². The number of hydrogen-bond acceptors (Lipinski definition) is 5. The van der Waals surface area contributed by atoms with Gasteiger partial charge in [-0.1, -0.05) is 11.6 Å². The van der Waals surface area contributed by atoms with Crippen LogP contribution in [0.1, 0.15) is 11.3 Å². The van der Waals surface area contributed by atoms with Crippen molar-refractivity contribution < 1.29 is 27.6 Å². The van der Waals surface area contributed by atoms with E-state index in [4.69, 9.17) is 16.3 Å². The number of hydrogen-bond donors (Lipinski definition) is 1. The van der Waals surface area contributed by atoms with Crippen molar-refractivity contribution in [3.8, 4) is 5.75 Å². The fraction of sp³-hybridized carbons (Fsp3) is 0.200. The lowest BCUT2D eigenvalue weighted by molar-refractivity contribution is -0.390. The Kier molecular flexibility index (Phi) is 5.66. The Hall–Kier alpha value is -2.88. The summed E-state index contributed by atoms with van der Waals surface area (Å²) in [6, 6.07) is 5.53. The van der Waals surface area contributed by atoms with Gasteiger partial charge in [0.1, 0.15) is 5.69 Å². The van der Waals surface area contributed by atoms with Crippen molar-refractivity contribution in [2.75, 3.05) is 11.9 Å². The number of nitrogens with zero attached hydrogens (tertiary/aromatic N) is 2. The third-order valence-electron chi connectivity index (χ3n) is 3.07. The smallest absolute Gasteiger partial charge is 0.418 e. The molecule has 1 aromatic heterocycles. The normalized spacial score (nSPS) is 11.1. The summed E-state index contributed by atoms with van der Waals surface area (Å²) in [6.45, 7) is 0.786. The molecular formula is C15H11ClF3N3O4. The minimum absolute atomic E-state index is 0.145. The lowest BCUT2D eigenvalue weighted by atomic mass is 10.1. The molecule has 0 bridgehead atoms. The van der Waals surface area contributed by atoms with E-state index < -0.39 is 40.7 Å². The van der Waals surface area contributed by atoms with E-state index in [1.54, 1.807) is 0 Å². The van der Waals surface area contributed by atoms with Crippen LogP contribution in [0.15, 0.2) is 30.3 Å². The van der Waals surface area contributed by atoms with E-state index in [0.717, 1.165) is 6.07 Å². The number of alkyl halides is 3. The van der Waals surface area contributed by atoms with E-state index in [0.29, 0.717) is 11.8 Å². The second-order valence-corrected chi connectivity index (χ2v) is 5.49. The molecule has 11 heteroatoms. The number of anilines is 1. The number of rotatable bonds is 5. The molecule has 0 saturated heterocycles. The molecule has 7 nitrogen and oxygen atoms in total. The van der Waals surface area contributed by atoms with Crippen LogP contribution in [0.2, 0.25) is 5.02 Å². The van der Waals surface area contributed by atoms with Crippen LogP contribution in [0, 0.1) is 17.0 Å². The number of pyridine rings is 1. The predicted molar refractivity (Wildman–Crippen MR) is 86.2 cm³/mol. The molecule has 0 aliphatic heterocycles. The van der Waals surface area contributed by atoms with Crippen LogP contribution in [0.3, 0.4) is 0 Å². The van der Waals surface area contributed by atoms with E-state index >= 15 is 0 Å². The van der Waals surface area contributed by atoms with Crippen molar-refractivity contribution in [2.45, 2.75) is 13.1 Å². The van der Waals surface area contributed by atoms with Crippen molar-refractivity contribution >= 4 is 29.0 Å². The van der Waals surface area contributed by atoms with E-state index in [9.17, 15) is 28.1 Å². The summed E-state index contributed by atoms with van der Waals surface area (Å²) in [5.74, 6) is -1.81. The first-order chi connectivity index (χ1) is 12.1. The maximum Gasteiger partial charge on any atom is 0.418 e. The molecule has 1 amide bonds. The first kappa shape index (κ1) is 19.4. The highest BCUT2D eigenvalue weighted by atomic mass is 35.5. The summed E-state index contributed by atoms with van der Waals surface area (Å²) in [5.41, 5.74) is -1.27. The van der Waals surface area contributed by atoms with Crippen LogP contribution in [-0.2, 0) is 11.0 Å². The predicted octanol–water partition coefficient (Wildman–Crippen LogP) is 3.99. The number of nitrogens with one attached hydrogen (secondary N) is 1. The molecule has 0 unspecified atom stereocenters. The number of ether oxygens (including phenoxy) is 1. The van der Waals surface area contributed by atoms with Gasteiger partial charge in [0, 0.05) is 11.9 Å². The van der Waals surface area contributed by atoms with Crippen LogP contribution in [0.5, 0.6) is 5.75 Å². The number of carbonyl (C=O) groups excluding carboxylic acids is 1. The lowest BCUT2D eigenvalue weighted by Crippen LogP contribution is -2.22. The van der Waals surface area contributed by atoms with Gasteiger partial charge >= 0.3 is 12.0 Å². The SMILES string of the molecule is Cc1ccc(OCC(=O)Nc2ccc(Cl)cc2C(F)(F)F)c([N+](=O)[O-])n1. The third kappa shape index (κ3) is 4.82. The van der Waals surface area contributed by atoms with Gasteiger partial charge in [0.25, 0.3) is 5.91 Å². The van der Waals surface area contributed by atoms with Crippen molar-refractivity contribution in [3.05, 3.63) is 56.7 Å². The number of amides is 1. The highest BCUT2D eigenvalue weighted by molar-refractivity contribution is 6.30. The number of aryl methyl sites for hydroxylation is 1. The second-order valence-electron chi connectivity index (χ2n) is 5.06. The van der Waals surface area contributed by atoms with Gasteiger partial charge in [-0.3, -0.25) is 4.79 Å². The first-order valence-corrected chi connectivity index (χ1v) is 7.37. The Morgan fingerprint density at radius 2 is 2.04 bits per heavy atom. The summed E-state index contributed by atoms with van der Waals surface area (Å²) >= 11 is 5.55. The zero-order valence-corrected chi connectivity index (χ0v) is 13.9. The number of benzene rings is 1. The molecule has 26 heavy (non-hydrogen) atoms. The molecule has 2 aromatic rings. The quantitative estimate of drug-likeness (QED) is 0.616. The zero-order chi connectivity index (χ0) is 19.5. The van der Waals surface area contributed by atoms with Crippen molar-refractivity contribution in [3.63, 3.8) is 0 Å². The minimum atomic E-state index is -4.73. The molecule has 0 atom stereocenters. The van der Waals surface area contributed by atoms with Gasteiger partial charge in [0.15, 0.2) is 6.61 Å².